The highest BCUT2D eigenvalue weighted by Crippen LogP contribution is 2.29. The zero-order chi connectivity index (χ0) is 25.6. The summed E-state index contributed by atoms with van der Waals surface area (Å²) in [6.45, 7) is 3.72. The summed E-state index contributed by atoms with van der Waals surface area (Å²) in [5, 5.41) is 3.20. The molecular formula is C25H26F4N4O2. The molecule has 4 N–H and O–H groups in total. The van der Waals surface area contributed by atoms with Crippen molar-refractivity contribution < 1.29 is 27.1 Å². The number of rotatable bonds is 9. The molecule has 0 fully saturated rings. The van der Waals surface area contributed by atoms with Gasteiger partial charge >= 0.3 is 6.18 Å². The fourth-order valence-corrected chi connectivity index (χ4v) is 3.26. The number of alkyl halides is 3. The summed E-state index contributed by atoms with van der Waals surface area (Å²) in [5.74, 6) is -0.606. The molecule has 35 heavy (non-hydrogen) atoms. The predicted octanol–water partition coefficient (Wildman–Crippen LogP) is 6.06. The van der Waals surface area contributed by atoms with Crippen molar-refractivity contribution in [2.45, 2.75) is 38.9 Å². The van der Waals surface area contributed by atoms with Crippen LogP contribution in [0.1, 0.15) is 42.6 Å². The number of carbonyl (C=O) groups excluding carboxylic acids is 1. The number of H-pyrrole nitrogens is 1. The van der Waals surface area contributed by atoms with Crippen LogP contribution in [0.3, 0.4) is 0 Å². The van der Waals surface area contributed by atoms with E-state index in [-0.39, 0.29) is 24.6 Å². The Hall–Kier alpha value is -3.82. The average Bonchev–Trinajstić information content (AvgIpc) is 3.20. The lowest BCUT2D eigenvalue weighted by Gasteiger charge is -2.09. The number of aromatic amines is 1. The molecule has 186 valence electrons. The minimum atomic E-state index is -4.22. The minimum absolute atomic E-state index is 0.0392. The van der Waals surface area contributed by atoms with Crippen molar-refractivity contribution >= 4 is 34.3 Å². The Balaban J connectivity index is 1.73. The zero-order valence-electron chi connectivity index (χ0n) is 19.2. The molecule has 1 amide bonds. The SMILES string of the molecule is CC(C)N=C/C(=C\N)c1cc(F)c2[nH]cc(NC(=O)c3ccc(OCCCC(F)(F)F)cc3)c2c1. The Labute approximate surface area is 199 Å². The number of allylic oxidation sites excluding steroid dienone is 1. The second kappa shape index (κ2) is 11.1. The van der Waals surface area contributed by atoms with Crippen molar-refractivity contribution in [3.05, 3.63) is 65.7 Å². The number of nitrogens with zero attached hydrogens (tertiary/aromatic N) is 1. The largest absolute Gasteiger partial charge is 0.494 e. The van der Waals surface area contributed by atoms with Gasteiger partial charge in [0.2, 0.25) is 0 Å². The van der Waals surface area contributed by atoms with Crippen molar-refractivity contribution in [2.24, 2.45) is 10.7 Å². The second-order valence-electron chi connectivity index (χ2n) is 8.12. The van der Waals surface area contributed by atoms with E-state index in [0.29, 0.717) is 33.5 Å². The number of halogens is 4. The van der Waals surface area contributed by atoms with Crippen LogP contribution in [-0.2, 0) is 0 Å². The standard InChI is InChI=1S/C25H26F4N4O2/c1-15(2)31-13-18(12-30)17-10-20-22(14-32-23(20)21(26)11-17)33-24(34)16-4-6-19(7-5-16)35-9-3-8-25(27,28)29/h4-7,10-15,32H,3,8-9,30H2,1-2H3,(H,33,34)/b18-12+,31-13?. The van der Waals surface area contributed by atoms with Gasteiger partial charge in [-0.1, -0.05) is 0 Å². The molecule has 1 heterocycles. The van der Waals surface area contributed by atoms with Crippen molar-refractivity contribution in [1.29, 1.82) is 0 Å². The van der Waals surface area contributed by atoms with Gasteiger partial charge in [0.25, 0.3) is 5.91 Å². The molecule has 0 saturated heterocycles. The third kappa shape index (κ3) is 7.08. The van der Waals surface area contributed by atoms with Gasteiger partial charge in [-0.15, -0.1) is 0 Å². The lowest BCUT2D eigenvalue weighted by Crippen LogP contribution is -2.12. The van der Waals surface area contributed by atoms with E-state index in [4.69, 9.17) is 10.5 Å². The van der Waals surface area contributed by atoms with Gasteiger partial charge in [0.05, 0.1) is 17.8 Å². The number of carbonyl (C=O) groups is 1. The highest BCUT2D eigenvalue weighted by Gasteiger charge is 2.26. The van der Waals surface area contributed by atoms with Gasteiger partial charge in [-0.3, -0.25) is 9.79 Å². The monoisotopic (exact) mass is 490 g/mol. The summed E-state index contributed by atoms with van der Waals surface area (Å²) in [7, 11) is 0. The van der Waals surface area contributed by atoms with E-state index in [0.717, 1.165) is 0 Å². The van der Waals surface area contributed by atoms with Crippen molar-refractivity contribution in [3.8, 4) is 5.75 Å². The smallest absolute Gasteiger partial charge is 0.389 e. The first-order valence-electron chi connectivity index (χ1n) is 10.9. The van der Waals surface area contributed by atoms with Crippen LogP contribution in [0.15, 0.2) is 53.8 Å². The summed E-state index contributed by atoms with van der Waals surface area (Å²) < 4.78 is 56.6. The van der Waals surface area contributed by atoms with E-state index in [9.17, 15) is 22.4 Å². The first-order valence-corrected chi connectivity index (χ1v) is 10.9. The average molecular weight is 491 g/mol. The van der Waals surface area contributed by atoms with E-state index >= 15 is 0 Å². The molecule has 0 unspecified atom stereocenters. The Bertz CT molecular complexity index is 1230. The van der Waals surface area contributed by atoms with Gasteiger partial charge in [0.15, 0.2) is 0 Å². The third-order valence-corrected chi connectivity index (χ3v) is 5.00. The van der Waals surface area contributed by atoms with Crippen LogP contribution >= 0.6 is 0 Å². The number of nitrogens with one attached hydrogen (secondary N) is 2. The quantitative estimate of drug-likeness (QED) is 0.193. The summed E-state index contributed by atoms with van der Waals surface area (Å²) in [6, 6.07) is 9.07. The van der Waals surface area contributed by atoms with Crippen LogP contribution in [0.25, 0.3) is 16.5 Å². The van der Waals surface area contributed by atoms with E-state index < -0.39 is 24.3 Å². The molecule has 0 aliphatic carbocycles. The van der Waals surface area contributed by atoms with Crippen molar-refractivity contribution in [3.63, 3.8) is 0 Å². The van der Waals surface area contributed by atoms with Crippen molar-refractivity contribution in [2.75, 3.05) is 11.9 Å². The fourth-order valence-electron chi connectivity index (χ4n) is 3.26. The van der Waals surface area contributed by atoms with Gasteiger partial charge in [-0.05, 0) is 62.2 Å². The Kier molecular flexibility index (Phi) is 8.16. The lowest BCUT2D eigenvalue weighted by atomic mass is 10.0. The van der Waals surface area contributed by atoms with Crippen LogP contribution in [-0.4, -0.2) is 35.9 Å². The molecule has 0 bridgehead atoms. The molecule has 3 aromatic rings. The summed E-state index contributed by atoms with van der Waals surface area (Å²) in [4.78, 5) is 19.8. The Morgan fingerprint density at radius 3 is 2.54 bits per heavy atom. The van der Waals surface area contributed by atoms with Gasteiger partial charge in [-0.25, -0.2) is 4.39 Å². The lowest BCUT2D eigenvalue weighted by molar-refractivity contribution is -0.136. The molecular weight excluding hydrogens is 464 g/mol. The number of aromatic nitrogens is 1. The molecule has 0 aliphatic rings. The fraction of sp³-hybridized carbons (Fsp3) is 0.280. The number of hydrogen-bond acceptors (Lipinski definition) is 4. The molecule has 6 nitrogen and oxygen atoms in total. The van der Waals surface area contributed by atoms with E-state index in [1.807, 2.05) is 13.8 Å². The van der Waals surface area contributed by atoms with Crippen LogP contribution < -0.4 is 15.8 Å². The maximum absolute atomic E-state index is 14.7. The van der Waals surface area contributed by atoms with Crippen LogP contribution in [0.2, 0.25) is 0 Å². The Morgan fingerprint density at radius 2 is 1.91 bits per heavy atom. The molecule has 0 saturated carbocycles. The van der Waals surface area contributed by atoms with Gasteiger partial charge in [-0.2, -0.15) is 13.2 Å². The second-order valence-corrected chi connectivity index (χ2v) is 8.12. The van der Waals surface area contributed by atoms with E-state index in [1.165, 1.54) is 42.7 Å². The highest BCUT2D eigenvalue weighted by molar-refractivity contribution is 6.13. The minimum Gasteiger partial charge on any atom is -0.494 e. The summed E-state index contributed by atoms with van der Waals surface area (Å²) >= 11 is 0. The molecule has 0 spiro atoms. The third-order valence-electron chi connectivity index (χ3n) is 5.00. The Morgan fingerprint density at radius 1 is 1.20 bits per heavy atom. The number of anilines is 1. The number of hydrogen-bond donors (Lipinski definition) is 3. The van der Waals surface area contributed by atoms with E-state index in [1.54, 1.807) is 12.3 Å². The number of amides is 1. The molecule has 0 atom stereocenters. The van der Waals surface area contributed by atoms with Gasteiger partial charge in [0, 0.05) is 47.6 Å². The van der Waals surface area contributed by atoms with E-state index in [2.05, 4.69) is 15.3 Å². The number of nitrogens with two attached hydrogens (primary N) is 1. The summed E-state index contributed by atoms with van der Waals surface area (Å²) in [6.07, 6.45) is -0.904. The zero-order valence-corrected chi connectivity index (χ0v) is 19.2. The van der Waals surface area contributed by atoms with Gasteiger partial charge < -0.3 is 20.8 Å². The first kappa shape index (κ1) is 25.8. The maximum Gasteiger partial charge on any atom is 0.389 e. The molecule has 0 aliphatic heterocycles. The molecule has 0 radical (unpaired) electrons. The maximum atomic E-state index is 14.7. The van der Waals surface area contributed by atoms with Gasteiger partial charge in [0.1, 0.15) is 11.6 Å². The molecule has 10 heteroatoms. The normalized spacial score (nSPS) is 12.6. The molecule has 3 rings (SSSR count). The number of aliphatic imine (C=N–C) groups is 1. The van der Waals surface area contributed by atoms with Crippen molar-refractivity contribution in [1.82, 2.24) is 4.98 Å². The predicted molar refractivity (Wildman–Crippen MR) is 129 cm³/mol. The number of benzene rings is 2. The van der Waals surface area contributed by atoms with Crippen LogP contribution in [0.4, 0.5) is 23.2 Å². The highest BCUT2D eigenvalue weighted by atomic mass is 19.4. The van der Waals surface area contributed by atoms with Crippen LogP contribution in [0, 0.1) is 5.82 Å². The molecule has 1 aromatic heterocycles. The first-order chi connectivity index (χ1) is 16.6. The van der Waals surface area contributed by atoms with Crippen LogP contribution in [0.5, 0.6) is 5.75 Å². The summed E-state index contributed by atoms with van der Waals surface area (Å²) in [5.41, 5.74) is 7.64. The number of ether oxygens (including phenoxy) is 1. The topological polar surface area (TPSA) is 92.5 Å². The molecule has 2 aromatic carbocycles. The number of fused-ring (bicyclic) bond motifs is 1.